The summed E-state index contributed by atoms with van der Waals surface area (Å²) in [6.45, 7) is 3.08. The molecular formula is C14H21N3O3S. The fourth-order valence-electron chi connectivity index (χ4n) is 2.98. The van der Waals surface area contributed by atoms with Crippen molar-refractivity contribution in [2.75, 3.05) is 48.4 Å². The SMILES string of the molecule is Nc1cc(N2CCOCC2)ncc1C1CCS(=O)(=O)CC1. The molecule has 21 heavy (non-hydrogen) atoms. The zero-order chi connectivity index (χ0) is 14.9. The van der Waals surface area contributed by atoms with E-state index in [4.69, 9.17) is 10.5 Å². The summed E-state index contributed by atoms with van der Waals surface area (Å²) in [7, 11) is -2.85. The van der Waals surface area contributed by atoms with Crippen molar-refractivity contribution in [1.82, 2.24) is 4.98 Å². The van der Waals surface area contributed by atoms with Crippen LogP contribution in [-0.4, -0.2) is 51.2 Å². The second-order valence-electron chi connectivity index (χ2n) is 5.70. The molecule has 0 bridgehead atoms. The fraction of sp³-hybridized carbons (Fsp3) is 0.643. The zero-order valence-electron chi connectivity index (χ0n) is 12.0. The van der Waals surface area contributed by atoms with Crippen molar-refractivity contribution in [3.05, 3.63) is 17.8 Å². The predicted octanol–water partition coefficient (Wildman–Crippen LogP) is 0.793. The van der Waals surface area contributed by atoms with Gasteiger partial charge in [0.05, 0.1) is 24.7 Å². The summed E-state index contributed by atoms with van der Waals surface area (Å²) in [5.41, 5.74) is 7.89. The average Bonchev–Trinajstić information content (AvgIpc) is 2.49. The molecule has 0 spiro atoms. The third kappa shape index (κ3) is 3.29. The summed E-state index contributed by atoms with van der Waals surface area (Å²) in [6.07, 6.45) is 3.11. The van der Waals surface area contributed by atoms with E-state index in [1.807, 2.05) is 12.3 Å². The molecule has 2 aliphatic rings. The maximum absolute atomic E-state index is 11.5. The molecule has 1 aromatic rings. The van der Waals surface area contributed by atoms with Gasteiger partial charge in [0, 0.05) is 31.0 Å². The number of hydrogen-bond acceptors (Lipinski definition) is 6. The van der Waals surface area contributed by atoms with Crippen LogP contribution in [0.25, 0.3) is 0 Å². The molecule has 6 nitrogen and oxygen atoms in total. The molecule has 2 saturated heterocycles. The van der Waals surface area contributed by atoms with Crippen LogP contribution in [0.5, 0.6) is 0 Å². The van der Waals surface area contributed by atoms with E-state index in [1.165, 1.54) is 0 Å². The lowest BCUT2D eigenvalue weighted by Crippen LogP contribution is -2.36. The summed E-state index contributed by atoms with van der Waals surface area (Å²) in [5, 5.41) is 0. The van der Waals surface area contributed by atoms with Gasteiger partial charge in [-0.1, -0.05) is 0 Å². The van der Waals surface area contributed by atoms with Crippen molar-refractivity contribution in [2.45, 2.75) is 18.8 Å². The van der Waals surface area contributed by atoms with Crippen LogP contribution >= 0.6 is 0 Å². The van der Waals surface area contributed by atoms with E-state index in [1.54, 1.807) is 0 Å². The minimum atomic E-state index is -2.85. The van der Waals surface area contributed by atoms with Crippen molar-refractivity contribution in [3.8, 4) is 0 Å². The summed E-state index contributed by atoms with van der Waals surface area (Å²) >= 11 is 0. The topological polar surface area (TPSA) is 85.5 Å². The van der Waals surface area contributed by atoms with E-state index in [2.05, 4.69) is 9.88 Å². The molecule has 116 valence electrons. The Hall–Kier alpha value is -1.34. The Balaban J connectivity index is 1.75. The maximum Gasteiger partial charge on any atom is 0.150 e. The molecule has 2 N–H and O–H groups in total. The van der Waals surface area contributed by atoms with Gasteiger partial charge >= 0.3 is 0 Å². The highest BCUT2D eigenvalue weighted by atomic mass is 32.2. The van der Waals surface area contributed by atoms with E-state index >= 15 is 0 Å². The molecule has 7 heteroatoms. The number of nitrogen functional groups attached to an aromatic ring is 1. The van der Waals surface area contributed by atoms with Crippen molar-refractivity contribution >= 4 is 21.3 Å². The van der Waals surface area contributed by atoms with Crippen molar-refractivity contribution < 1.29 is 13.2 Å². The maximum atomic E-state index is 11.5. The van der Waals surface area contributed by atoms with Gasteiger partial charge in [0.15, 0.2) is 0 Å². The van der Waals surface area contributed by atoms with E-state index in [0.29, 0.717) is 26.1 Å². The van der Waals surface area contributed by atoms with Gasteiger partial charge in [-0.05, 0) is 24.3 Å². The Morgan fingerprint density at radius 1 is 1.24 bits per heavy atom. The van der Waals surface area contributed by atoms with Crippen molar-refractivity contribution in [2.24, 2.45) is 0 Å². The quantitative estimate of drug-likeness (QED) is 0.869. The first-order chi connectivity index (χ1) is 10.1. The molecule has 0 unspecified atom stereocenters. The third-order valence-electron chi connectivity index (χ3n) is 4.28. The minimum absolute atomic E-state index is 0.208. The molecule has 2 aliphatic heterocycles. The largest absolute Gasteiger partial charge is 0.398 e. The summed E-state index contributed by atoms with van der Waals surface area (Å²) < 4.78 is 28.3. The van der Waals surface area contributed by atoms with E-state index in [9.17, 15) is 8.42 Å². The van der Waals surface area contributed by atoms with E-state index in [-0.39, 0.29) is 17.4 Å². The first-order valence-corrected chi connectivity index (χ1v) is 9.16. The van der Waals surface area contributed by atoms with Gasteiger partial charge in [-0.2, -0.15) is 0 Å². The Kier molecular flexibility index (Phi) is 4.03. The van der Waals surface area contributed by atoms with Gasteiger partial charge in [-0.25, -0.2) is 13.4 Å². The molecule has 0 aromatic carbocycles. The number of morpholine rings is 1. The molecule has 0 atom stereocenters. The van der Waals surface area contributed by atoms with Crippen LogP contribution < -0.4 is 10.6 Å². The number of nitrogens with zero attached hydrogens (tertiary/aromatic N) is 2. The van der Waals surface area contributed by atoms with E-state index in [0.717, 1.165) is 30.2 Å². The van der Waals surface area contributed by atoms with Crippen LogP contribution in [-0.2, 0) is 14.6 Å². The van der Waals surface area contributed by atoms with Crippen LogP contribution in [0.1, 0.15) is 24.3 Å². The summed E-state index contributed by atoms with van der Waals surface area (Å²) in [4.78, 5) is 6.68. The normalized spacial score (nSPS) is 23.1. The molecule has 0 aliphatic carbocycles. The van der Waals surface area contributed by atoms with Gasteiger partial charge in [0.25, 0.3) is 0 Å². The number of sulfone groups is 1. The molecule has 3 rings (SSSR count). The molecule has 0 radical (unpaired) electrons. The van der Waals surface area contributed by atoms with Gasteiger partial charge in [0.2, 0.25) is 0 Å². The molecule has 0 saturated carbocycles. The Morgan fingerprint density at radius 3 is 2.52 bits per heavy atom. The van der Waals surface area contributed by atoms with Gasteiger partial charge in [-0.15, -0.1) is 0 Å². The first-order valence-electron chi connectivity index (χ1n) is 7.34. The number of nitrogens with two attached hydrogens (primary N) is 1. The Labute approximate surface area is 125 Å². The van der Waals surface area contributed by atoms with Crippen LogP contribution in [0, 0.1) is 0 Å². The Morgan fingerprint density at radius 2 is 1.90 bits per heavy atom. The number of anilines is 2. The van der Waals surface area contributed by atoms with Crippen LogP contribution in [0.15, 0.2) is 12.3 Å². The highest BCUT2D eigenvalue weighted by Gasteiger charge is 2.26. The second kappa shape index (κ2) is 5.81. The van der Waals surface area contributed by atoms with E-state index < -0.39 is 9.84 Å². The number of aromatic nitrogens is 1. The lowest BCUT2D eigenvalue weighted by molar-refractivity contribution is 0.122. The van der Waals surface area contributed by atoms with Crippen molar-refractivity contribution in [1.29, 1.82) is 0 Å². The fourth-order valence-corrected chi connectivity index (χ4v) is 4.47. The highest BCUT2D eigenvalue weighted by Crippen LogP contribution is 2.33. The lowest BCUT2D eigenvalue weighted by atomic mass is 9.93. The van der Waals surface area contributed by atoms with Crippen LogP contribution in [0.3, 0.4) is 0 Å². The smallest absolute Gasteiger partial charge is 0.150 e. The molecule has 2 fully saturated rings. The third-order valence-corrected chi connectivity index (χ3v) is 6.00. The highest BCUT2D eigenvalue weighted by molar-refractivity contribution is 7.91. The van der Waals surface area contributed by atoms with Gasteiger partial charge < -0.3 is 15.4 Å². The van der Waals surface area contributed by atoms with Crippen molar-refractivity contribution in [3.63, 3.8) is 0 Å². The number of pyridine rings is 1. The van der Waals surface area contributed by atoms with Gasteiger partial charge in [-0.3, -0.25) is 0 Å². The molecule has 0 amide bonds. The lowest BCUT2D eigenvalue weighted by Gasteiger charge is -2.29. The average molecular weight is 311 g/mol. The van der Waals surface area contributed by atoms with Crippen LogP contribution in [0.2, 0.25) is 0 Å². The van der Waals surface area contributed by atoms with Gasteiger partial charge in [0.1, 0.15) is 15.7 Å². The monoisotopic (exact) mass is 311 g/mol. The number of hydrogen-bond donors (Lipinski definition) is 1. The Bertz CT molecular complexity index is 598. The molecular weight excluding hydrogens is 290 g/mol. The molecule has 3 heterocycles. The minimum Gasteiger partial charge on any atom is -0.398 e. The predicted molar refractivity (Wildman–Crippen MR) is 82.3 cm³/mol. The molecule has 1 aromatic heterocycles. The summed E-state index contributed by atoms with van der Waals surface area (Å²) in [5.74, 6) is 1.59. The zero-order valence-corrected chi connectivity index (χ0v) is 12.8. The first kappa shape index (κ1) is 14.6. The standard InChI is InChI=1S/C14H21N3O3S/c15-13-9-14(17-3-5-20-6-4-17)16-10-12(13)11-1-7-21(18,19)8-2-11/h9-11H,1-8H2,(H2,15,16). The number of ether oxygens (including phenoxy) is 1. The van der Waals surface area contributed by atoms with Crippen LogP contribution in [0.4, 0.5) is 11.5 Å². The summed E-state index contributed by atoms with van der Waals surface area (Å²) in [6, 6.07) is 1.91. The number of rotatable bonds is 2. The second-order valence-corrected chi connectivity index (χ2v) is 8.00.